The second-order valence-electron chi connectivity index (χ2n) is 3.39. The van der Waals surface area contributed by atoms with Gasteiger partial charge in [0.05, 0.1) is 0 Å². The Morgan fingerprint density at radius 1 is 1.47 bits per heavy atom. The van der Waals surface area contributed by atoms with Crippen LogP contribution in [-0.2, 0) is 14.4 Å². The number of hydrogen-bond donors (Lipinski definition) is 1. The van der Waals surface area contributed by atoms with Gasteiger partial charge in [0, 0.05) is 12.8 Å². The molecule has 0 aromatic rings. The molecule has 5 heteroatoms. The van der Waals surface area contributed by atoms with Crippen LogP contribution >= 0.6 is 0 Å². The normalized spacial score (nSPS) is 18.8. The second-order valence-corrected chi connectivity index (χ2v) is 3.39. The van der Waals surface area contributed by atoms with Crippen LogP contribution in [0.1, 0.15) is 25.7 Å². The molecule has 1 N–H and O–H groups in total. The van der Waals surface area contributed by atoms with Crippen LogP contribution in [0.25, 0.3) is 0 Å². The lowest BCUT2D eigenvalue weighted by Gasteiger charge is -2.29. The average Bonchev–Trinajstić information content (AvgIpc) is 2.15. The Bertz CT molecular complexity index is 295. The van der Waals surface area contributed by atoms with E-state index in [1.54, 1.807) is 0 Å². The maximum Gasteiger partial charge on any atom is 0.327 e. The Hall–Kier alpha value is -1.65. The van der Waals surface area contributed by atoms with E-state index in [4.69, 9.17) is 5.11 Å². The number of carbonyl (C=O) groups is 3. The summed E-state index contributed by atoms with van der Waals surface area (Å²) in [7, 11) is 0. The van der Waals surface area contributed by atoms with Gasteiger partial charge in [0.2, 0.25) is 11.8 Å². The Labute approximate surface area is 87.4 Å². The van der Waals surface area contributed by atoms with Crippen molar-refractivity contribution in [2.75, 3.05) is 0 Å². The van der Waals surface area contributed by atoms with E-state index in [9.17, 15) is 14.4 Å². The first-order valence-corrected chi connectivity index (χ1v) is 4.76. The van der Waals surface area contributed by atoms with Crippen molar-refractivity contribution in [3.05, 3.63) is 12.7 Å². The molecule has 15 heavy (non-hydrogen) atoms. The molecule has 0 radical (unpaired) electrons. The fourth-order valence-electron chi connectivity index (χ4n) is 1.59. The highest BCUT2D eigenvalue weighted by atomic mass is 16.4. The summed E-state index contributed by atoms with van der Waals surface area (Å²) in [5, 5.41) is 8.90. The number of hydrogen-bond acceptors (Lipinski definition) is 3. The van der Waals surface area contributed by atoms with Crippen molar-refractivity contribution < 1.29 is 19.5 Å². The number of rotatable bonds is 4. The minimum Gasteiger partial charge on any atom is -0.480 e. The molecule has 1 fully saturated rings. The SMILES string of the molecule is C=CCC(C(=O)O)N1C(=O)CCCC1=O. The van der Waals surface area contributed by atoms with Crippen LogP contribution in [0.15, 0.2) is 12.7 Å². The first-order chi connectivity index (χ1) is 7.07. The van der Waals surface area contributed by atoms with Gasteiger partial charge < -0.3 is 5.11 Å². The van der Waals surface area contributed by atoms with Crippen LogP contribution in [0.4, 0.5) is 0 Å². The van der Waals surface area contributed by atoms with Crippen molar-refractivity contribution in [3.63, 3.8) is 0 Å². The monoisotopic (exact) mass is 211 g/mol. The summed E-state index contributed by atoms with van der Waals surface area (Å²) in [5.74, 6) is -1.97. The van der Waals surface area contributed by atoms with Crippen LogP contribution in [0, 0.1) is 0 Å². The lowest BCUT2D eigenvalue weighted by Crippen LogP contribution is -2.50. The Kier molecular flexibility index (Phi) is 3.60. The van der Waals surface area contributed by atoms with Crippen molar-refractivity contribution >= 4 is 17.8 Å². The van der Waals surface area contributed by atoms with Crippen LogP contribution in [-0.4, -0.2) is 33.8 Å². The van der Waals surface area contributed by atoms with Crippen molar-refractivity contribution in [1.29, 1.82) is 0 Å². The molecular weight excluding hydrogens is 198 g/mol. The maximum atomic E-state index is 11.4. The summed E-state index contributed by atoms with van der Waals surface area (Å²) in [6.07, 6.45) is 2.48. The largest absolute Gasteiger partial charge is 0.480 e. The minimum atomic E-state index is -1.17. The number of amides is 2. The summed E-state index contributed by atoms with van der Waals surface area (Å²) in [4.78, 5) is 34.6. The van der Waals surface area contributed by atoms with Crippen LogP contribution in [0.2, 0.25) is 0 Å². The number of aliphatic carboxylic acids is 1. The number of carbonyl (C=O) groups excluding carboxylic acids is 2. The third kappa shape index (κ3) is 2.43. The first-order valence-electron chi connectivity index (χ1n) is 4.76. The summed E-state index contributed by atoms with van der Waals surface area (Å²) < 4.78 is 0. The van der Waals surface area contributed by atoms with Gasteiger partial charge in [-0.25, -0.2) is 4.79 Å². The summed E-state index contributed by atoms with van der Waals surface area (Å²) >= 11 is 0. The van der Waals surface area contributed by atoms with Crippen LogP contribution < -0.4 is 0 Å². The molecule has 0 aromatic heterocycles. The molecule has 1 aliphatic rings. The molecule has 1 saturated heterocycles. The van der Waals surface area contributed by atoms with Gasteiger partial charge in [0.15, 0.2) is 0 Å². The molecule has 0 aliphatic carbocycles. The molecule has 1 aliphatic heterocycles. The van der Waals surface area contributed by atoms with Gasteiger partial charge in [-0.05, 0) is 12.8 Å². The van der Waals surface area contributed by atoms with Crippen molar-refractivity contribution in [2.45, 2.75) is 31.7 Å². The van der Waals surface area contributed by atoms with Gasteiger partial charge in [-0.15, -0.1) is 6.58 Å². The van der Waals surface area contributed by atoms with Crippen molar-refractivity contribution in [3.8, 4) is 0 Å². The topological polar surface area (TPSA) is 74.7 Å². The molecule has 1 heterocycles. The average molecular weight is 211 g/mol. The highest BCUT2D eigenvalue weighted by Crippen LogP contribution is 2.17. The van der Waals surface area contributed by atoms with E-state index >= 15 is 0 Å². The zero-order valence-electron chi connectivity index (χ0n) is 8.31. The molecule has 5 nitrogen and oxygen atoms in total. The number of piperidine rings is 1. The number of carboxylic acid groups (broad SMARTS) is 1. The lowest BCUT2D eigenvalue weighted by atomic mass is 10.0. The highest BCUT2D eigenvalue weighted by Gasteiger charge is 2.35. The fraction of sp³-hybridized carbons (Fsp3) is 0.500. The van der Waals surface area contributed by atoms with E-state index in [2.05, 4.69) is 6.58 Å². The highest BCUT2D eigenvalue weighted by molar-refractivity contribution is 6.01. The fourth-order valence-corrected chi connectivity index (χ4v) is 1.59. The Morgan fingerprint density at radius 2 is 2.00 bits per heavy atom. The maximum absolute atomic E-state index is 11.4. The van der Waals surface area contributed by atoms with Gasteiger partial charge >= 0.3 is 5.97 Å². The number of imide groups is 1. The minimum absolute atomic E-state index is 0.0901. The molecule has 82 valence electrons. The number of likely N-dealkylation sites (tertiary alicyclic amines) is 1. The predicted molar refractivity (Wildman–Crippen MR) is 51.9 cm³/mol. The zero-order chi connectivity index (χ0) is 11.4. The van der Waals surface area contributed by atoms with Crippen molar-refractivity contribution in [1.82, 2.24) is 4.90 Å². The van der Waals surface area contributed by atoms with E-state index in [0.717, 1.165) is 4.90 Å². The molecular formula is C10H13NO4. The van der Waals surface area contributed by atoms with E-state index < -0.39 is 23.8 Å². The summed E-state index contributed by atoms with van der Waals surface area (Å²) in [6, 6.07) is -1.09. The van der Waals surface area contributed by atoms with Gasteiger partial charge in [-0.3, -0.25) is 14.5 Å². The van der Waals surface area contributed by atoms with Gasteiger partial charge in [0.25, 0.3) is 0 Å². The van der Waals surface area contributed by atoms with E-state index in [-0.39, 0.29) is 19.3 Å². The Balaban J connectivity index is 2.88. The van der Waals surface area contributed by atoms with E-state index in [0.29, 0.717) is 6.42 Å². The second kappa shape index (κ2) is 4.72. The van der Waals surface area contributed by atoms with Crippen molar-refractivity contribution in [2.24, 2.45) is 0 Å². The molecule has 2 amide bonds. The molecule has 1 atom stereocenters. The van der Waals surface area contributed by atoms with Crippen LogP contribution in [0.5, 0.6) is 0 Å². The molecule has 0 spiro atoms. The first kappa shape index (κ1) is 11.4. The van der Waals surface area contributed by atoms with Gasteiger partial charge in [0.1, 0.15) is 6.04 Å². The van der Waals surface area contributed by atoms with Gasteiger partial charge in [-0.1, -0.05) is 6.08 Å². The third-order valence-electron chi connectivity index (χ3n) is 2.31. The number of carboxylic acids is 1. The van der Waals surface area contributed by atoms with E-state index in [1.165, 1.54) is 6.08 Å². The lowest BCUT2D eigenvalue weighted by molar-refractivity contribution is -0.160. The molecule has 0 saturated carbocycles. The van der Waals surface area contributed by atoms with Gasteiger partial charge in [-0.2, -0.15) is 0 Å². The van der Waals surface area contributed by atoms with Crippen LogP contribution in [0.3, 0.4) is 0 Å². The summed E-state index contributed by atoms with van der Waals surface area (Å²) in [5.41, 5.74) is 0. The zero-order valence-corrected chi connectivity index (χ0v) is 8.31. The molecule has 0 bridgehead atoms. The number of nitrogens with zero attached hydrogens (tertiary/aromatic N) is 1. The smallest absolute Gasteiger partial charge is 0.327 e. The predicted octanol–water partition coefficient (Wildman–Crippen LogP) is 0.555. The quantitative estimate of drug-likeness (QED) is 0.544. The summed E-state index contributed by atoms with van der Waals surface area (Å²) in [6.45, 7) is 3.42. The third-order valence-corrected chi connectivity index (χ3v) is 2.31. The molecule has 1 rings (SSSR count). The standard InChI is InChI=1S/C10H13NO4/c1-2-4-7(10(14)15)11-8(12)5-3-6-9(11)13/h2,7H,1,3-6H2,(H,14,15). The van der Waals surface area contributed by atoms with E-state index in [1.807, 2.05) is 0 Å². The molecule has 0 aromatic carbocycles. The molecule has 1 unspecified atom stereocenters. The Morgan fingerprint density at radius 3 is 2.40 bits per heavy atom.